The summed E-state index contributed by atoms with van der Waals surface area (Å²) in [6.07, 6.45) is -0.107. The number of carbonyl (C=O) groups excluding carboxylic acids is 2. The molecule has 0 spiro atoms. The van der Waals surface area contributed by atoms with Crippen molar-refractivity contribution in [3.8, 4) is 0 Å². The number of nitrogens with one attached hydrogen (secondary N) is 1. The van der Waals surface area contributed by atoms with E-state index < -0.39 is 6.04 Å². The van der Waals surface area contributed by atoms with Crippen molar-refractivity contribution in [1.82, 2.24) is 20.0 Å². The van der Waals surface area contributed by atoms with Gasteiger partial charge in [0, 0.05) is 18.8 Å². The number of ether oxygens (including phenoxy) is 1. The number of hydrogen-bond donors (Lipinski definition) is 2. The number of aryl methyl sites for hydroxylation is 2. The van der Waals surface area contributed by atoms with Crippen molar-refractivity contribution in [2.24, 2.45) is 11.7 Å². The van der Waals surface area contributed by atoms with Crippen molar-refractivity contribution in [2.75, 3.05) is 26.2 Å². The Labute approximate surface area is 148 Å². The first kappa shape index (κ1) is 19.4. The number of rotatable bonds is 6. The number of aromatic nitrogens is 2. The van der Waals surface area contributed by atoms with E-state index in [4.69, 9.17) is 10.5 Å². The second kappa shape index (κ2) is 8.44. The minimum Gasteiger partial charge on any atom is -0.373 e. The molecule has 2 atom stereocenters. The molecule has 8 nitrogen and oxygen atoms in total. The van der Waals surface area contributed by atoms with Gasteiger partial charge in [0.2, 0.25) is 11.8 Å². The van der Waals surface area contributed by atoms with Crippen LogP contribution in [0.25, 0.3) is 0 Å². The highest BCUT2D eigenvalue weighted by molar-refractivity contribution is 5.87. The van der Waals surface area contributed by atoms with Gasteiger partial charge in [0.15, 0.2) is 0 Å². The minimum atomic E-state index is -0.601. The summed E-state index contributed by atoms with van der Waals surface area (Å²) < 4.78 is 7.66. The van der Waals surface area contributed by atoms with E-state index in [9.17, 15) is 9.59 Å². The monoisotopic (exact) mass is 351 g/mol. The van der Waals surface area contributed by atoms with Crippen LogP contribution < -0.4 is 11.1 Å². The molecule has 1 unspecified atom stereocenters. The Balaban J connectivity index is 1.84. The molecule has 1 fully saturated rings. The van der Waals surface area contributed by atoms with Crippen LogP contribution in [-0.4, -0.2) is 64.9 Å². The van der Waals surface area contributed by atoms with Crippen LogP contribution in [0.5, 0.6) is 0 Å². The van der Waals surface area contributed by atoms with Crippen molar-refractivity contribution in [3.63, 3.8) is 0 Å². The maximum atomic E-state index is 12.4. The predicted octanol–water partition coefficient (Wildman–Crippen LogP) is -0.173. The highest BCUT2D eigenvalue weighted by Crippen LogP contribution is 2.10. The van der Waals surface area contributed by atoms with E-state index >= 15 is 0 Å². The maximum absolute atomic E-state index is 12.4. The summed E-state index contributed by atoms with van der Waals surface area (Å²) in [5.74, 6) is -0.384. The van der Waals surface area contributed by atoms with E-state index in [1.807, 2.05) is 38.4 Å². The molecular formula is C17H29N5O3. The van der Waals surface area contributed by atoms with Gasteiger partial charge in [0.05, 0.1) is 37.5 Å². The third-order valence-electron chi connectivity index (χ3n) is 4.41. The van der Waals surface area contributed by atoms with Crippen LogP contribution in [0.2, 0.25) is 0 Å². The molecule has 1 aliphatic heterocycles. The number of hydrogen-bond acceptors (Lipinski definition) is 5. The van der Waals surface area contributed by atoms with Gasteiger partial charge in [-0.3, -0.25) is 14.3 Å². The van der Waals surface area contributed by atoms with Crippen molar-refractivity contribution in [1.29, 1.82) is 0 Å². The SMILES string of the molecule is Cc1cc(C)n(CC2CN(C(=O)CNC(=O)[C@@H](N)C(C)C)CCO2)n1. The lowest BCUT2D eigenvalue weighted by molar-refractivity contribution is -0.140. The predicted molar refractivity (Wildman–Crippen MR) is 93.8 cm³/mol. The first-order valence-corrected chi connectivity index (χ1v) is 8.71. The van der Waals surface area contributed by atoms with E-state index in [1.54, 1.807) is 4.90 Å². The Kier molecular flexibility index (Phi) is 6.55. The van der Waals surface area contributed by atoms with Crippen molar-refractivity contribution in [3.05, 3.63) is 17.5 Å². The molecule has 0 bridgehead atoms. The molecule has 1 aromatic heterocycles. The quantitative estimate of drug-likeness (QED) is 0.741. The molecule has 2 heterocycles. The van der Waals surface area contributed by atoms with E-state index in [2.05, 4.69) is 10.4 Å². The highest BCUT2D eigenvalue weighted by atomic mass is 16.5. The fraction of sp³-hybridized carbons (Fsp3) is 0.706. The van der Waals surface area contributed by atoms with Crippen LogP contribution in [0.4, 0.5) is 0 Å². The Morgan fingerprint density at radius 2 is 2.16 bits per heavy atom. The van der Waals surface area contributed by atoms with Crippen molar-refractivity contribution in [2.45, 2.75) is 46.4 Å². The second-order valence-electron chi connectivity index (χ2n) is 6.93. The standard InChI is InChI=1S/C17H29N5O3/c1-11(2)16(18)17(24)19-8-15(23)21-5-6-25-14(9-21)10-22-13(4)7-12(3)20-22/h7,11,14,16H,5-6,8-10,18H2,1-4H3,(H,19,24)/t14?,16-/m0/s1. The van der Waals surface area contributed by atoms with Gasteiger partial charge in [-0.25, -0.2) is 0 Å². The molecule has 3 N–H and O–H groups in total. The average molecular weight is 351 g/mol. The van der Waals surface area contributed by atoms with Crippen LogP contribution >= 0.6 is 0 Å². The largest absolute Gasteiger partial charge is 0.373 e. The maximum Gasteiger partial charge on any atom is 0.242 e. The second-order valence-corrected chi connectivity index (χ2v) is 6.93. The summed E-state index contributed by atoms with van der Waals surface area (Å²) in [5.41, 5.74) is 7.81. The van der Waals surface area contributed by atoms with Gasteiger partial charge in [0.25, 0.3) is 0 Å². The Morgan fingerprint density at radius 1 is 1.44 bits per heavy atom. The number of nitrogens with two attached hydrogens (primary N) is 1. The number of morpholine rings is 1. The third-order valence-corrected chi connectivity index (χ3v) is 4.41. The summed E-state index contributed by atoms with van der Waals surface area (Å²) in [5, 5.41) is 7.06. The van der Waals surface area contributed by atoms with E-state index in [0.29, 0.717) is 26.2 Å². The van der Waals surface area contributed by atoms with Crippen LogP contribution in [0.15, 0.2) is 6.07 Å². The van der Waals surface area contributed by atoms with Gasteiger partial charge < -0.3 is 20.7 Å². The van der Waals surface area contributed by atoms with Crippen LogP contribution in [0.1, 0.15) is 25.2 Å². The van der Waals surface area contributed by atoms with Crippen LogP contribution in [0.3, 0.4) is 0 Å². The van der Waals surface area contributed by atoms with Gasteiger partial charge in [-0.1, -0.05) is 13.8 Å². The molecule has 1 saturated heterocycles. The lowest BCUT2D eigenvalue weighted by Crippen LogP contribution is -2.52. The first-order chi connectivity index (χ1) is 11.8. The average Bonchev–Trinajstić information content (AvgIpc) is 2.89. The molecule has 25 heavy (non-hydrogen) atoms. The fourth-order valence-electron chi connectivity index (χ4n) is 2.80. The lowest BCUT2D eigenvalue weighted by Gasteiger charge is -2.33. The number of carbonyl (C=O) groups is 2. The van der Waals surface area contributed by atoms with E-state index in [1.165, 1.54) is 0 Å². The van der Waals surface area contributed by atoms with Crippen LogP contribution in [0, 0.1) is 19.8 Å². The van der Waals surface area contributed by atoms with E-state index in [-0.39, 0.29) is 30.4 Å². The summed E-state index contributed by atoms with van der Waals surface area (Å²) in [4.78, 5) is 26.0. The Hall–Kier alpha value is -1.93. The molecule has 8 heteroatoms. The van der Waals surface area contributed by atoms with Gasteiger partial charge in [-0.15, -0.1) is 0 Å². The van der Waals surface area contributed by atoms with Crippen LogP contribution in [-0.2, 0) is 20.9 Å². The summed E-state index contributed by atoms with van der Waals surface area (Å²) in [6, 6.07) is 1.41. The zero-order chi connectivity index (χ0) is 18.6. The van der Waals surface area contributed by atoms with Gasteiger partial charge in [-0.05, 0) is 25.8 Å². The highest BCUT2D eigenvalue weighted by Gasteiger charge is 2.26. The summed E-state index contributed by atoms with van der Waals surface area (Å²) >= 11 is 0. The van der Waals surface area contributed by atoms with E-state index in [0.717, 1.165) is 11.4 Å². The molecule has 0 radical (unpaired) electrons. The lowest BCUT2D eigenvalue weighted by atomic mass is 10.1. The molecule has 1 aliphatic rings. The molecule has 0 aromatic carbocycles. The molecule has 2 rings (SSSR count). The zero-order valence-corrected chi connectivity index (χ0v) is 15.5. The molecule has 0 aliphatic carbocycles. The van der Waals surface area contributed by atoms with Crippen molar-refractivity contribution < 1.29 is 14.3 Å². The summed E-state index contributed by atoms with van der Waals surface area (Å²) in [6.45, 7) is 9.76. The van der Waals surface area contributed by atoms with Gasteiger partial charge in [-0.2, -0.15) is 5.10 Å². The number of amides is 2. The smallest absolute Gasteiger partial charge is 0.242 e. The Bertz CT molecular complexity index is 613. The fourth-order valence-corrected chi connectivity index (χ4v) is 2.80. The van der Waals surface area contributed by atoms with Crippen molar-refractivity contribution >= 4 is 11.8 Å². The summed E-state index contributed by atoms with van der Waals surface area (Å²) in [7, 11) is 0. The normalized spacial score (nSPS) is 19.1. The molecule has 140 valence electrons. The molecule has 0 saturated carbocycles. The Morgan fingerprint density at radius 3 is 2.76 bits per heavy atom. The molecular weight excluding hydrogens is 322 g/mol. The third kappa shape index (κ3) is 5.27. The molecule has 2 amide bonds. The first-order valence-electron chi connectivity index (χ1n) is 8.71. The zero-order valence-electron chi connectivity index (χ0n) is 15.5. The minimum absolute atomic E-state index is 0.0311. The topological polar surface area (TPSA) is 102 Å². The molecule has 1 aromatic rings. The van der Waals surface area contributed by atoms with Gasteiger partial charge >= 0.3 is 0 Å². The number of nitrogens with zero attached hydrogens (tertiary/aromatic N) is 3. The van der Waals surface area contributed by atoms with Gasteiger partial charge in [0.1, 0.15) is 0 Å².